The van der Waals surface area contributed by atoms with Gasteiger partial charge in [0.2, 0.25) is 0 Å². The normalized spacial score (nSPS) is 11.4. The molecule has 6 heteroatoms. The number of rotatable bonds is 7. The maximum atomic E-state index is 12.1. The molecule has 0 aliphatic rings. The van der Waals surface area contributed by atoms with Crippen LogP contribution in [0.5, 0.6) is 0 Å². The Morgan fingerprint density at radius 1 is 0.744 bits per heavy atom. The van der Waals surface area contributed by atoms with Crippen molar-refractivity contribution in [3.05, 3.63) is 166 Å². The number of fused-ring (bicyclic) bond motifs is 1. The largest absolute Gasteiger partial charge is 0.328 e. The highest BCUT2D eigenvalue weighted by Gasteiger charge is 2.40. The molecule has 0 unspecified atom stereocenters. The Balaban J connectivity index is 1.84. The monoisotopic (exact) mass is 509 g/mol. The number of nitro benzene ring substituents is 1. The van der Waals surface area contributed by atoms with Gasteiger partial charge in [-0.25, -0.2) is 0 Å². The van der Waals surface area contributed by atoms with Gasteiger partial charge in [0, 0.05) is 35.6 Å². The zero-order chi connectivity index (χ0) is 26.8. The number of nitrogens with zero attached hydrogens (tertiary/aromatic N) is 3. The Morgan fingerprint density at radius 2 is 1.26 bits per heavy atom. The van der Waals surface area contributed by atoms with Gasteiger partial charge in [-0.15, -0.1) is 0 Å². The lowest BCUT2D eigenvalue weighted by molar-refractivity contribution is -0.384. The predicted octanol–water partition coefficient (Wildman–Crippen LogP) is 7.26. The van der Waals surface area contributed by atoms with E-state index < -0.39 is 10.5 Å². The lowest BCUT2D eigenvalue weighted by Gasteiger charge is -2.38. The van der Waals surface area contributed by atoms with E-state index in [-0.39, 0.29) is 11.3 Å². The molecule has 0 saturated carbocycles. The highest BCUT2D eigenvalue weighted by Crippen LogP contribution is 2.46. The van der Waals surface area contributed by atoms with E-state index in [2.05, 4.69) is 45.9 Å². The predicted molar refractivity (Wildman–Crippen MR) is 152 cm³/mol. The molecule has 0 spiro atoms. The highest BCUT2D eigenvalue weighted by atomic mass is 16.6. The number of aldehydes is 1. The summed E-state index contributed by atoms with van der Waals surface area (Å²) in [5.74, 6) is 0. The van der Waals surface area contributed by atoms with Crippen molar-refractivity contribution in [2.24, 2.45) is 0 Å². The summed E-state index contributed by atoms with van der Waals surface area (Å²) in [6, 6.07) is 37.3. The first-order chi connectivity index (χ1) is 19.1. The quantitative estimate of drug-likeness (QED) is 0.0982. The Hall–Kier alpha value is -5.36. The van der Waals surface area contributed by atoms with E-state index in [0.29, 0.717) is 11.8 Å². The minimum Gasteiger partial charge on any atom is -0.328 e. The van der Waals surface area contributed by atoms with Crippen molar-refractivity contribution in [3.63, 3.8) is 0 Å². The molecule has 0 aliphatic heterocycles. The van der Waals surface area contributed by atoms with Crippen LogP contribution in [0, 0.1) is 10.1 Å². The van der Waals surface area contributed by atoms with Gasteiger partial charge in [-0.1, -0.05) is 91.0 Å². The minimum absolute atomic E-state index is 0.0327. The van der Waals surface area contributed by atoms with Gasteiger partial charge in [-0.2, -0.15) is 0 Å². The molecule has 0 atom stereocenters. The summed E-state index contributed by atoms with van der Waals surface area (Å²) in [5.41, 5.74) is 4.25. The van der Waals surface area contributed by atoms with Gasteiger partial charge >= 0.3 is 0 Å². The number of pyridine rings is 1. The average molecular weight is 510 g/mol. The molecule has 0 fully saturated rings. The zero-order valence-corrected chi connectivity index (χ0v) is 20.8. The van der Waals surface area contributed by atoms with Gasteiger partial charge in [0.1, 0.15) is 5.54 Å². The Bertz CT molecular complexity index is 1690. The number of carbonyl (C=O) groups is 1. The van der Waals surface area contributed by atoms with Crippen LogP contribution in [0.2, 0.25) is 0 Å². The number of nitro groups is 1. The summed E-state index contributed by atoms with van der Waals surface area (Å²) < 4.78 is 2.11. The van der Waals surface area contributed by atoms with Crippen LogP contribution in [-0.2, 0) is 5.54 Å². The first kappa shape index (κ1) is 24.0. The molecule has 0 radical (unpaired) electrons. The van der Waals surface area contributed by atoms with Gasteiger partial charge < -0.3 is 4.57 Å². The molecule has 39 heavy (non-hydrogen) atoms. The number of benzene rings is 4. The molecule has 0 N–H and O–H groups in total. The van der Waals surface area contributed by atoms with Crippen molar-refractivity contribution in [1.29, 1.82) is 0 Å². The molecule has 0 amide bonds. The third-order valence-electron chi connectivity index (χ3n) is 7.20. The summed E-state index contributed by atoms with van der Waals surface area (Å²) in [6.45, 7) is 0. The van der Waals surface area contributed by atoms with Crippen LogP contribution < -0.4 is 0 Å². The Kier molecular flexibility index (Phi) is 6.05. The van der Waals surface area contributed by atoms with Gasteiger partial charge in [0.05, 0.1) is 16.0 Å². The number of hydrogen-bond donors (Lipinski definition) is 0. The average Bonchev–Trinajstić information content (AvgIpc) is 3.38. The van der Waals surface area contributed by atoms with Crippen LogP contribution >= 0.6 is 0 Å². The molecule has 6 aromatic rings. The van der Waals surface area contributed by atoms with Gasteiger partial charge in [-0.3, -0.25) is 19.9 Å². The van der Waals surface area contributed by atoms with E-state index in [0.717, 1.165) is 33.2 Å². The maximum Gasteiger partial charge on any atom is 0.282 e. The van der Waals surface area contributed by atoms with E-state index in [1.807, 2.05) is 72.9 Å². The second kappa shape index (κ2) is 9.84. The lowest BCUT2D eigenvalue weighted by atomic mass is 9.76. The molecule has 2 heterocycles. The Labute approximate surface area is 225 Å². The standard InChI is InChI=1S/C33H23N3O3/c37-23-25-20-29-30(24-16-18-34-19-17-24)22-35(32(29)21-31(25)36(38)39)33(26-10-4-1-5-11-26,27-12-6-2-7-13-27)28-14-8-3-9-15-28/h1-23H. The first-order valence-electron chi connectivity index (χ1n) is 12.5. The molecular formula is C33H23N3O3. The molecule has 6 nitrogen and oxygen atoms in total. The second-order valence-corrected chi connectivity index (χ2v) is 9.26. The third kappa shape index (κ3) is 3.90. The lowest BCUT2D eigenvalue weighted by Crippen LogP contribution is -2.37. The number of hydrogen-bond acceptors (Lipinski definition) is 4. The smallest absolute Gasteiger partial charge is 0.282 e. The summed E-state index contributed by atoms with van der Waals surface area (Å²) in [7, 11) is 0. The summed E-state index contributed by atoms with van der Waals surface area (Å²) in [4.78, 5) is 27.7. The summed E-state index contributed by atoms with van der Waals surface area (Å²) in [5, 5.41) is 12.8. The van der Waals surface area contributed by atoms with Crippen LogP contribution in [0.3, 0.4) is 0 Å². The summed E-state index contributed by atoms with van der Waals surface area (Å²) in [6.07, 6.45) is 6.00. The molecular weight excluding hydrogens is 486 g/mol. The van der Waals surface area contributed by atoms with Crippen LogP contribution in [0.4, 0.5) is 5.69 Å². The van der Waals surface area contributed by atoms with Crippen LogP contribution in [0.15, 0.2) is 134 Å². The molecule has 0 aliphatic carbocycles. The minimum atomic E-state index is -0.885. The number of carbonyl (C=O) groups excluding carboxylic acids is 1. The van der Waals surface area contributed by atoms with Gasteiger partial charge in [0.15, 0.2) is 6.29 Å². The van der Waals surface area contributed by atoms with Crippen molar-refractivity contribution in [2.45, 2.75) is 5.54 Å². The zero-order valence-electron chi connectivity index (χ0n) is 20.8. The molecule has 4 aromatic carbocycles. The molecule has 6 rings (SSSR count). The molecule has 188 valence electrons. The SMILES string of the molecule is O=Cc1cc2c(-c3ccncc3)cn(C(c3ccccc3)(c3ccccc3)c3ccccc3)c2cc1[N+](=O)[O-]. The van der Waals surface area contributed by atoms with Crippen molar-refractivity contribution in [3.8, 4) is 11.1 Å². The first-order valence-corrected chi connectivity index (χ1v) is 12.5. The highest BCUT2D eigenvalue weighted by molar-refractivity contribution is 6.01. The van der Waals surface area contributed by atoms with Crippen molar-refractivity contribution in [2.75, 3.05) is 0 Å². The van der Waals surface area contributed by atoms with Crippen molar-refractivity contribution >= 4 is 22.9 Å². The van der Waals surface area contributed by atoms with Crippen LogP contribution in [0.25, 0.3) is 22.0 Å². The topological polar surface area (TPSA) is 78.0 Å². The fourth-order valence-electron chi connectivity index (χ4n) is 5.52. The molecule has 2 aromatic heterocycles. The fourth-order valence-corrected chi connectivity index (χ4v) is 5.52. The summed E-state index contributed by atoms with van der Waals surface area (Å²) >= 11 is 0. The van der Waals surface area contributed by atoms with Crippen LogP contribution in [0.1, 0.15) is 27.0 Å². The van der Waals surface area contributed by atoms with Crippen molar-refractivity contribution in [1.82, 2.24) is 9.55 Å². The second-order valence-electron chi connectivity index (χ2n) is 9.26. The van der Waals surface area contributed by atoms with Crippen molar-refractivity contribution < 1.29 is 9.72 Å². The number of aromatic nitrogens is 2. The molecule has 0 bridgehead atoms. The Morgan fingerprint density at radius 3 is 1.72 bits per heavy atom. The van der Waals surface area contributed by atoms with E-state index >= 15 is 0 Å². The van der Waals surface area contributed by atoms with E-state index in [1.54, 1.807) is 18.5 Å². The third-order valence-corrected chi connectivity index (χ3v) is 7.20. The van der Waals surface area contributed by atoms with Gasteiger partial charge in [-0.05, 0) is 40.5 Å². The molecule has 0 saturated heterocycles. The van der Waals surface area contributed by atoms with E-state index in [4.69, 9.17) is 0 Å². The fraction of sp³-hybridized carbons (Fsp3) is 0.0303. The van der Waals surface area contributed by atoms with Crippen LogP contribution in [-0.4, -0.2) is 20.8 Å². The van der Waals surface area contributed by atoms with Gasteiger partial charge in [0.25, 0.3) is 5.69 Å². The van der Waals surface area contributed by atoms with E-state index in [9.17, 15) is 14.9 Å². The van der Waals surface area contributed by atoms with E-state index in [1.165, 1.54) is 6.07 Å². The maximum absolute atomic E-state index is 12.1.